The Hall–Kier alpha value is -0.950. The van der Waals surface area contributed by atoms with E-state index in [9.17, 15) is 8.42 Å². The lowest BCUT2D eigenvalue weighted by molar-refractivity contribution is 0.181. The first kappa shape index (κ1) is 14.5. The fraction of sp³-hybridized carbons (Fsp3) is 0.538. The zero-order valence-electron chi connectivity index (χ0n) is 11.5. The molecule has 1 heterocycles. The van der Waals surface area contributed by atoms with Crippen LogP contribution in [0.15, 0.2) is 24.3 Å². The number of nitrogens with one attached hydrogen (secondary N) is 1. The van der Waals surface area contributed by atoms with Crippen molar-refractivity contribution in [2.45, 2.75) is 13.5 Å². The van der Waals surface area contributed by atoms with Crippen LogP contribution in [0, 0.1) is 6.92 Å². The molecule has 1 saturated heterocycles. The van der Waals surface area contributed by atoms with Gasteiger partial charge >= 0.3 is 0 Å². The summed E-state index contributed by atoms with van der Waals surface area (Å²) in [6.45, 7) is 5.60. The van der Waals surface area contributed by atoms with Gasteiger partial charge in [-0.3, -0.25) is 4.90 Å². The van der Waals surface area contributed by atoms with Crippen LogP contribution in [0.25, 0.3) is 0 Å². The third kappa shape index (κ3) is 3.76. The van der Waals surface area contributed by atoms with Crippen molar-refractivity contribution in [3.63, 3.8) is 0 Å². The predicted octanol–water partition coefficient (Wildman–Crippen LogP) is 0.577. The Morgan fingerprint density at radius 1 is 1.11 bits per heavy atom. The molecule has 0 amide bonds. The summed E-state index contributed by atoms with van der Waals surface area (Å²) in [5.41, 5.74) is 2.53. The lowest BCUT2D eigenvalue weighted by Gasteiger charge is -2.33. The largest absolute Gasteiger partial charge is 0.296 e. The van der Waals surface area contributed by atoms with E-state index >= 15 is 0 Å². The van der Waals surface area contributed by atoms with Gasteiger partial charge in [0.05, 0.1) is 0 Å². The summed E-state index contributed by atoms with van der Waals surface area (Å²) in [4.78, 5) is 2.28. The van der Waals surface area contributed by atoms with Gasteiger partial charge in [0.25, 0.3) is 10.2 Å². The average Bonchev–Trinajstić information content (AvgIpc) is 2.42. The van der Waals surface area contributed by atoms with Crippen molar-refractivity contribution >= 4 is 10.2 Å². The summed E-state index contributed by atoms with van der Waals surface area (Å²) in [7, 11) is -1.81. The number of nitrogens with zero attached hydrogens (tertiary/aromatic N) is 2. The van der Waals surface area contributed by atoms with Gasteiger partial charge in [0, 0.05) is 39.8 Å². The van der Waals surface area contributed by atoms with Gasteiger partial charge in [-0.2, -0.15) is 12.7 Å². The summed E-state index contributed by atoms with van der Waals surface area (Å²) >= 11 is 0. The number of aryl methyl sites for hydroxylation is 1. The smallest absolute Gasteiger partial charge is 0.279 e. The molecule has 0 atom stereocenters. The van der Waals surface area contributed by atoms with Gasteiger partial charge in [-0.05, 0) is 12.5 Å². The molecule has 1 N–H and O–H groups in total. The van der Waals surface area contributed by atoms with E-state index in [0.29, 0.717) is 13.1 Å². The minimum absolute atomic E-state index is 0.551. The highest BCUT2D eigenvalue weighted by molar-refractivity contribution is 7.87. The summed E-state index contributed by atoms with van der Waals surface area (Å²) in [6.07, 6.45) is 0. The van der Waals surface area contributed by atoms with Crippen molar-refractivity contribution in [2.75, 3.05) is 33.2 Å². The first-order chi connectivity index (χ1) is 9.01. The molecule has 1 aliphatic rings. The first-order valence-electron chi connectivity index (χ1n) is 6.48. The lowest BCUT2D eigenvalue weighted by Crippen LogP contribution is -2.51. The molecule has 1 fully saturated rings. The van der Waals surface area contributed by atoms with Gasteiger partial charge in [-0.1, -0.05) is 29.8 Å². The highest BCUT2D eigenvalue weighted by Crippen LogP contribution is 2.11. The minimum Gasteiger partial charge on any atom is -0.296 e. The Bertz CT molecular complexity index is 505. The van der Waals surface area contributed by atoms with Crippen LogP contribution in [0.3, 0.4) is 0 Å². The zero-order chi connectivity index (χ0) is 13.9. The third-order valence-electron chi connectivity index (χ3n) is 3.46. The Labute approximate surface area is 115 Å². The molecule has 6 heteroatoms. The number of hydrogen-bond acceptors (Lipinski definition) is 3. The number of benzene rings is 1. The summed E-state index contributed by atoms with van der Waals surface area (Å²) in [5, 5.41) is 0. The van der Waals surface area contributed by atoms with Gasteiger partial charge in [0.15, 0.2) is 0 Å². The van der Waals surface area contributed by atoms with E-state index in [1.807, 2.05) is 0 Å². The normalized spacial score (nSPS) is 18.6. The van der Waals surface area contributed by atoms with Crippen molar-refractivity contribution < 1.29 is 8.42 Å². The molecule has 0 unspecified atom stereocenters. The number of rotatable bonds is 4. The molecule has 0 spiro atoms. The highest BCUT2D eigenvalue weighted by atomic mass is 32.2. The maximum Gasteiger partial charge on any atom is 0.279 e. The molecule has 1 aliphatic heterocycles. The Balaban J connectivity index is 1.89. The maximum atomic E-state index is 11.7. The summed E-state index contributed by atoms with van der Waals surface area (Å²) in [5.74, 6) is 0. The fourth-order valence-corrected chi connectivity index (χ4v) is 3.11. The quantitative estimate of drug-likeness (QED) is 0.879. The molecule has 5 nitrogen and oxygen atoms in total. The Morgan fingerprint density at radius 3 is 2.21 bits per heavy atom. The van der Waals surface area contributed by atoms with Crippen LogP contribution >= 0.6 is 0 Å². The van der Waals surface area contributed by atoms with Crippen LogP contribution in [0.5, 0.6) is 0 Å². The zero-order valence-corrected chi connectivity index (χ0v) is 12.3. The standard InChI is InChI=1S/C13H21N3O2S/c1-12-3-5-13(6-4-12)11-15-7-9-16(10-8-15)19(17,18)14-2/h3-6,14H,7-11H2,1-2H3. The highest BCUT2D eigenvalue weighted by Gasteiger charge is 2.25. The second-order valence-electron chi connectivity index (χ2n) is 4.87. The molecule has 106 valence electrons. The maximum absolute atomic E-state index is 11.7. The van der Waals surface area contributed by atoms with E-state index in [4.69, 9.17) is 0 Å². The topological polar surface area (TPSA) is 52.7 Å². The van der Waals surface area contributed by atoms with E-state index in [1.54, 1.807) is 0 Å². The lowest BCUT2D eigenvalue weighted by atomic mass is 10.1. The second kappa shape index (κ2) is 6.00. The van der Waals surface area contributed by atoms with E-state index in [-0.39, 0.29) is 0 Å². The van der Waals surface area contributed by atoms with E-state index in [1.165, 1.54) is 22.5 Å². The molecule has 19 heavy (non-hydrogen) atoms. The summed E-state index contributed by atoms with van der Waals surface area (Å²) in [6, 6.07) is 8.48. The van der Waals surface area contributed by atoms with Crippen LogP contribution in [0.4, 0.5) is 0 Å². The number of piperazine rings is 1. The second-order valence-corrected chi connectivity index (χ2v) is 6.74. The van der Waals surface area contributed by atoms with Crippen molar-refractivity contribution in [2.24, 2.45) is 0 Å². The van der Waals surface area contributed by atoms with Gasteiger partial charge in [-0.15, -0.1) is 0 Å². The molecule has 2 rings (SSSR count). The molecule has 0 aliphatic carbocycles. The molecule has 0 radical (unpaired) electrons. The van der Waals surface area contributed by atoms with Crippen LogP contribution < -0.4 is 4.72 Å². The Kier molecular flexibility index (Phi) is 4.57. The molecule has 0 aromatic heterocycles. The average molecular weight is 283 g/mol. The summed E-state index contributed by atoms with van der Waals surface area (Å²) < 4.78 is 27.2. The van der Waals surface area contributed by atoms with Crippen LogP contribution in [-0.4, -0.2) is 50.8 Å². The van der Waals surface area contributed by atoms with Gasteiger partial charge < -0.3 is 0 Å². The SMILES string of the molecule is CNS(=O)(=O)N1CCN(Cc2ccc(C)cc2)CC1. The minimum atomic E-state index is -3.27. The van der Waals surface area contributed by atoms with Crippen molar-refractivity contribution in [3.05, 3.63) is 35.4 Å². The van der Waals surface area contributed by atoms with Gasteiger partial charge in [-0.25, -0.2) is 4.72 Å². The van der Waals surface area contributed by atoms with Crippen LogP contribution in [0.1, 0.15) is 11.1 Å². The van der Waals surface area contributed by atoms with Crippen LogP contribution in [-0.2, 0) is 16.8 Å². The molecule has 1 aromatic rings. The van der Waals surface area contributed by atoms with Crippen LogP contribution in [0.2, 0.25) is 0 Å². The van der Waals surface area contributed by atoms with Crippen molar-refractivity contribution in [1.82, 2.24) is 13.9 Å². The molecule has 0 bridgehead atoms. The fourth-order valence-electron chi connectivity index (χ4n) is 2.21. The van der Waals surface area contributed by atoms with Gasteiger partial charge in [0.2, 0.25) is 0 Å². The molecule has 0 saturated carbocycles. The van der Waals surface area contributed by atoms with E-state index in [2.05, 4.69) is 40.8 Å². The van der Waals surface area contributed by atoms with E-state index in [0.717, 1.165) is 19.6 Å². The monoisotopic (exact) mass is 283 g/mol. The van der Waals surface area contributed by atoms with Crippen molar-refractivity contribution in [3.8, 4) is 0 Å². The molecular formula is C13H21N3O2S. The third-order valence-corrected chi connectivity index (χ3v) is 5.02. The molecule has 1 aromatic carbocycles. The van der Waals surface area contributed by atoms with E-state index < -0.39 is 10.2 Å². The number of hydrogen-bond donors (Lipinski definition) is 1. The Morgan fingerprint density at radius 2 is 1.68 bits per heavy atom. The first-order valence-corrected chi connectivity index (χ1v) is 7.92. The van der Waals surface area contributed by atoms with Crippen molar-refractivity contribution in [1.29, 1.82) is 0 Å². The molecular weight excluding hydrogens is 262 g/mol. The van der Waals surface area contributed by atoms with Gasteiger partial charge in [0.1, 0.15) is 0 Å². The predicted molar refractivity (Wildman–Crippen MR) is 76.0 cm³/mol.